The Labute approximate surface area is 207 Å². The summed E-state index contributed by atoms with van der Waals surface area (Å²) in [5.74, 6) is -1.79. The van der Waals surface area contributed by atoms with Crippen LogP contribution < -0.4 is 16.0 Å². The topological polar surface area (TPSA) is 134 Å². The summed E-state index contributed by atoms with van der Waals surface area (Å²) >= 11 is 0. The average Bonchev–Trinajstić information content (AvgIpc) is 2.78. The zero-order valence-corrected chi connectivity index (χ0v) is 21.3. The van der Waals surface area contributed by atoms with Crippen LogP contribution in [0.15, 0.2) is 30.3 Å². The van der Waals surface area contributed by atoms with E-state index in [1.807, 2.05) is 13.8 Å². The van der Waals surface area contributed by atoms with E-state index >= 15 is 0 Å². The van der Waals surface area contributed by atoms with Gasteiger partial charge in [-0.1, -0.05) is 44.2 Å². The van der Waals surface area contributed by atoms with Crippen molar-refractivity contribution in [3.8, 4) is 0 Å². The van der Waals surface area contributed by atoms with Crippen LogP contribution >= 0.6 is 0 Å². The number of benzene rings is 1. The first-order valence-corrected chi connectivity index (χ1v) is 12.2. The lowest BCUT2D eigenvalue weighted by Gasteiger charge is -2.30. The number of carbonyl (C=O) groups is 4. The second kappa shape index (κ2) is 12.6. The number of carboxylic acids is 1. The van der Waals surface area contributed by atoms with Crippen molar-refractivity contribution >= 4 is 23.9 Å². The third-order valence-electron chi connectivity index (χ3n) is 6.07. The van der Waals surface area contributed by atoms with Crippen LogP contribution in [0.25, 0.3) is 0 Å². The zero-order chi connectivity index (χ0) is 26.2. The molecule has 3 amide bonds. The number of hydrogen-bond donors (Lipinski definition) is 4. The highest BCUT2D eigenvalue weighted by Crippen LogP contribution is 2.29. The molecule has 194 valence electrons. The molecule has 1 aromatic carbocycles. The smallest absolute Gasteiger partial charge is 0.408 e. The van der Waals surface area contributed by atoms with Gasteiger partial charge in [0.2, 0.25) is 11.8 Å². The fourth-order valence-electron chi connectivity index (χ4n) is 4.15. The van der Waals surface area contributed by atoms with Gasteiger partial charge in [0.1, 0.15) is 11.6 Å². The molecule has 0 saturated heterocycles. The summed E-state index contributed by atoms with van der Waals surface area (Å²) < 4.78 is 5.26. The van der Waals surface area contributed by atoms with Crippen molar-refractivity contribution in [1.82, 2.24) is 16.0 Å². The second-order valence-corrected chi connectivity index (χ2v) is 10.5. The minimum atomic E-state index is -1.10. The van der Waals surface area contributed by atoms with Crippen LogP contribution in [0.5, 0.6) is 0 Å². The van der Waals surface area contributed by atoms with Crippen molar-refractivity contribution < 1.29 is 29.0 Å². The summed E-state index contributed by atoms with van der Waals surface area (Å²) in [6.45, 7) is 9.44. The van der Waals surface area contributed by atoms with Crippen LogP contribution in [0.4, 0.5) is 4.79 Å². The number of rotatable bonds is 9. The maximum Gasteiger partial charge on any atom is 0.408 e. The number of carboxylic acid groups (broad SMARTS) is 1. The Kier molecular flexibility index (Phi) is 10.1. The largest absolute Gasteiger partial charge is 0.479 e. The molecule has 0 spiro atoms. The Morgan fingerprint density at radius 1 is 1.00 bits per heavy atom. The number of carbonyl (C=O) groups excluding carboxylic acids is 3. The first-order valence-electron chi connectivity index (χ1n) is 12.2. The van der Waals surface area contributed by atoms with Gasteiger partial charge in [-0.05, 0) is 63.9 Å². The molecule has 9 nitrogen and oxygen atoms in total. The van der Waals surface area contributed by atoms with E-state index in [0.717, 1.165) is 12.8 Å². The van der Waals surface area contributed by atoms with Crippen molar-refractivity contribution in [3.05, 3.63) is 35.9 Å². The molecule has 35 heavy (non-hydrogen) atoms. The van der Waals surface area contributed by atoms with Crippen LogP contribution in [0.3, 0.4) is 0 Å². The molecule has 4 N–H and O–H groups in total. The third-order valence-corrected chi connectivity index (χ3v) is 6.07. The molecule has 0 unspecified atom stereocenters. The van der Waals surface area contributed by atoms with E-state index in [9.17, 15) is 24.3 Å². The molecule has 2 rings (SSSR count). The van der Waals surface area contributed by atoms with E-state index in [1.165, 1.54) is 0 Å². The van der Waals surface area contributed by atoms with E-state index in [-0.39, 0.29) is 29.6 Å². The number of aliphatic carboxylic acids is 1. The SMILES string of the molecule is CC(C)[C@H](NC(=O)OC(C)(C)C)C(=O)NCC1CCC(C(=O)N[C@H](C(=O)O)c2ccccc2)CC1. The standard InChI is InChI=1S/C26H39N3O6/c1-16(2)20(29-25(34)35-26(3,4)5)23(31)27-15-17-11-13-19(14-12-17)22(30)28-21(24(32)33)18-9-7-6-8-10-18/h6-10,16-17,19-21H,11-15H2,1-5H3,(H,27,31)(H,28,30)(H,29,34)(H,32,33)/t17?,19?,20-,21-/m0/s1. The van der Waals surface area contributed by atoms with Crippen molar-refractivity contribution in [2.45, 2.75) is 78.0 Å². The van der Waals surface area contributed by atoms with Gasteiger partial charge in [0.05, 0.1) is 0 Å². The van der Waals surface area contributed by atoms with Gasteiger partial charge in [-0.2, -0.15) is 0 Å². The number of alkyl carbamates (subject to hydrolysis) is 1. The van der Waals surface area contributed by atoms with Gasteiger partial charge < -0.3 is 25.8 Å². The molecule has 1 aliphatic rings. The Morgan fingerprint density at radius 2 is 1.60 bits per heavy atom. The van der Waals surface area contributed by atoms with Crippen LogP contribution in [0, 0.1) is 17.8 Å². The predicted molar refractivity (Wildman–Crippen MR) is 131 cm³/mol. The molecule has 1 saturated carbocycles. The van der Waals surface area contributed by atoms with Crippen molar-refractivity contribution in [2.24, 2.45) is 17.8 Å². The van der Waals surface area contributed by atoms with Crippen LogP contribution in [0.1, 0.15) is 71.9 Å². The highest BCUT2D eigenvalue weighted by Gasteiger charge is 2.31. The average molecular weight is 490 g/mol. The summed E-state index contributed by atoms with van der Waals surface area (Å²) in [5, 5.41) is 17.8. The third kappa shape index (κ3) is 9.22. The summed E-state index contributed by atoms with van der Waals surface area (Å²) in [7, 11) is 0. The van der Waals surface area contributed by atoms with E-state index < -0.39 is 29.7 Å². The fraction of sp³-hybridized carbons (Fsp3) is 0.615. The molecule has 0 bridgehead atoms. The van der Waals surface area contributed by atoms with Gasteiger partial charge in [-0.3, -0.25) is 9.59 Å². The lowest BCUT2D eigenvalue weighted by molar-refractivity contribution is -0.143. The predicted octanol–water partition coefficient (Wildman–Crippen LogP) is 3.40. The summed E-state index contributed by atoms with van der Waals surface area (Å²) in [5.41, 5.74) is -0.122. The minimum absolute atomic E-state index is 0.117. The van der Waals surface area contributed by atoms with Crippen LogP contribution in [-0.2, 0) is 19.1 Å². The fourth-order valence-corrected chi connectivity index (χ4v) is 4.15. The highest BCUT2D eigenvalue weighted by molar-refractivity contribution is 5.86. The number of hydrogen-bond acceptors (Lipinski definition) is 5. The quantitative estimate of drug-likeness (QED) is 0.420. The highest BCUT2D eigenvalue weighted by atomic mass is 16.6. The van der Waals surface area contributed by atoms with Crippen molar-refractivity contribution in [3.63, 3.8) is 0 Å². The molecule has 2 atom stereocenters. The molecule has 1 aromatic rings. The molecule has 0 radical (unpaired) electrons. The molecular formula is C26H39N3O6. The molecule has 1 fully saturated rings. The van der Waals surface area contributed by atoms with Gasteiger partial charge in [-0.25, -0.2) is 9.59 Å². The number of nitrogens with one attached hydrogen (secondary N) is 3. The molecule has 1 aliphatic carbocycles. The van der Waals surface area contributed by atoms with Crippen LogP contribution in [-0.4, -0.2) is 47.2 Å². The zero-order valence-electron chi connectivity index (χ0n) is 21.3. The van der Waals surface area contributed by atoms with Gasteiger partial charge in [0.25, 0.3) is 0 Å². The molecule has 0 aliphatic heterocycles. The maximum atomic E-state index is 12.7. The Balaban J connectivity index is 1.82. The maximum absolute atomic E-state index is 12.7. The van der Waals surface area contributed by atoms with E-state index in [4.69, 9.17) is 4.74 Å². The Morgan fingerprint density at radius 3 is 2.11 bits per heavy atom. The van der Waals surface area contributed by atoms with Gasteiger partial charge in [0, 0.05) is 12.5 Å². The molecule has 9 heteroatoms. The van der Waals surface area contributed by atoms with E-state index in [0.29, 0.717) is 24.9 Å². The van der Waals surface area contributed by atoms with Gasteiger partial charge in [0.15, 0.2) is 6.04 Å². The summed E-state index contributed by atoms with van der Waals surface area (Å²) in [6.07, 6.45) is 2.10. The first kappa shape index (κ1) is 28.1. The molecule has 0 heterocycles. The summed E-state index contributed by atoms with van der Waals surface area (Å²) in [6, 6.07) is 6.85. The molecular weight excluding hydrogens is 450 g/mol. The number of amides is 3. The Hall–Kier alpha value is -3.10. The second-order valence-electron chi connectivity index (χ2n) is 10.5. The minimum Gasteiger partial charge on any atom is -0.479 e. The van der Waals surface area contributed by atoms with Gasteiger partial charge in [-0.15, -0.1) is 0 Å². The van der Waals surface area contributed by atoms with Gasteiger partial charge >= 0.3 is 12.1 Å². The summed E-state index contributed by atoms with van der Waals surface area (Å²) in [4.78, 5) is 49.2. The van der Waals surface area contributed by atoms with Crippen molar-refractivity contribution in [2.75, 3.05) is 6.54 Å². The normalized spacial score (nSPS) is 19.8. The lowest BCUT2D eigenvalue weighted by Crippen LogP contribution is -2.51. The van der Waals surface area contributed by atoms with Crippen molar-refractivity contribution in [1.29, 1.82) is 0 Å². The first-order chi connectivity index (χ1) is 16.4. The van der Waals surface area contributed by atoms with E-state index in [2.05, 4.69) is 16.0 Å². The van der Waals surface area contributed by atoms with Crippen LogP contribution in [0.2, 0.25) is 0 Å². The number of ether oxygens (including phenoxy) is 1. The van der Waals surface area contributed by atoms with E-state index in [1.54, 1.807) is 51.1 Å². The monoisotopic (exact) mass is 489 g/mol. The lowest BCUT2D eigenvalue weighted by atomic mass is 9.81. The molecule has 0 aromatic heterocycles. The Bertz CT molecular complexity index is 873.